The predicted molar refractivity (Wildman–Crippen MR) is 101 cm³/mol. The molecule has 2 aromatic rings. The van der Waals surface area contributed by atoms with Gasteiger partial charge in [0.15, 0.2) is 0 Å². The number of aryl methyl sites for hydroxylation is 1. The van der Waals surface area contributed by atoms with Crippen molar-refractivity contribution in [3.05, 3.63) is 59.9 Å². The molecular weight excluding hydrogens is 348 g/mol. The average Bonchev–Trinajstić information content (AvgIpc) is 3.15. The quantitative estimate of drug-likeness (QED) is 0.683. The Morgan fingerprint density at radius 3 is 2.62 bits per heavy atom. The fraction of sp³-hybridized carbons (Fsp3) is 0.450. The van der Waals surface area contributed by atoms with Gasteiger partial charge in [0.1, 0.15) is 4.90 Å². The fourth-order valence-electron chi connectivity index (χ4n) is 3.29. The minimum absolute atomic E-state index is 0.0576. The van der Waals surface area contributed by atoms with Crippen LogP contribution in [0.25, 0.3) is 0 Å². The van der Waals surface area contributed by atoms with Crippen LogP contribution in [-0.2, 0) is 27.8 Å². The van der Waals surface area contributed by atoms with Crippen LogP contribution in [0.4, 0.5) is 0 Å². The average molecular weight is 375 g/mol. The predicted octanol–water partition coefficient (Wildman–Crippen LogP) is 3.45. The zero-order valence-electron chi connectivity index (χ0n) is 14.9. The van der Waals surface area contributed by atoms with E-state index < -0.39 is 10.0 Å². The molecule has 0 unspecified atom stereocenters. The molecule has 0 spiro atoms. The highest BCUT2D eigenvalue weighted by atomic mass is 32.2. The molecule has 1 heterocycles. The van der Waals surface area contributed by atoms with Crippen LogP contribution in [0.15, 0.2) is 53.6 Å². The first kappa shape index (κ1) is 19.0. The van der Waals surface area contributed by atoms with Gasteiger partial charge in [-0.3, -0.25) is 4.98 Å². The number of benzene rings is 1. The third-order valence-corrected chi connectivity index (χ3v) is 6.22. The zero-order chi connectivity index (χ0) is 18.2. The Morgan fingerprint density at radius 2 is 1.85 bits per heavy atom. The van der Waals surface area contributed by atoms with Gasteiger partial charge in [-0.15, -0.1) is 0 Å². The van der Waals surface area contributed by atoms with Gasteiger partial charge in [0.25, 0.3) is 0 Å². The molecule has 1 aromatic carbocycles. The summed E-state index contributed by atoms with van der Waals surface area (Å²) in [6, 6.07) is 13.4. The molecule has 1 aromatic heterocycles. The number of nitrogens with zero attached hydrogens (tertiary/aromatic N) is 1. The summed E-state index contributed by atoms with van der Waals surface area (Å²) < 4.78 is 33.9. The van der Waals surface area contributed by atoms with Gasteiger partial charge in [0.05, 0.1) is 12.3 Å². The molecule has 26 heavy (non-hydrogen) atoms. The highest BCUT2D eigenvalue weighted by Crippen LogP contribution is 2.21. The van der Waals surface area contributed by atoms with Gasteiger partial charge < -0.3 is 4.74 Å². The van der Waals surface area contributed by atoms with Crippen molar-refractivity contribution in [3.63, 3.8) is 0 Å². The van der Waals surface area contributed by atoms with Crippen molar-refractivity contribution in [1.82, 2.24) is 9.71 Å². The molecule has 0 amide bonds. The standard InChI is InChI=1S/C20H26N2O3S/c23-26(24,22-18-10-4-5-11-18)20-13-6-14-21-19(20)12-7-15-25-16-17-8-2-1-3-9-17/h1-3,6,8-9,13-14,18,22H,4-5,7,10-12,15-16H2. The van der Waals surface area contributed by atoms with Crippen molar-refractivity contribution >= 4 is 10.0 Å². The van der Waals surface area contributed by atoms with Crippen LogP contribution in [0.2, 0.25) is 0 Å². The van der Waals surface area contributed by atoms with Crippen molar-refractivity contribution in [2.24, 2.45) is 0 Å². The number of rotatable bonds is 9. The molecule has 3 rings (SSSR count). The second-order valence-corrected chi connectivity index (χ2v) is 8.38. The molecule has 6 heteroatoms. The highest BCUT2D eigenvalue weighted by molar-refractivity contribution is 7.89. The number of aromatic nitrogens is 1. The van der Waals surface area contributed by atoms with E-state index >= 15 is 0 Å². The van der Waals surface area contributed by atoms with Gasteiger partial charge in [0, 0.05) is 18.8 Å². The maximum atomic E-state index is 12.7. The number of sulfonamides is 1. The molecule has 5 nitrogen and oxygen atoms in total. The topological polar surface area (TPSA) is 68.3 Å². The van der Waals surface area contributed by atoms with Crippen LogP contribution in [0, 0.1) is 0 Å². The lowest BCUT2D eigenvalue weighted by atomic mass is 10.2. The second kappa shape index (κ2) is 9.26. The molecule has 0 bridgehead atoms. The van der Waals surface area contributed by atoms with E-state index in [2.05, 4.69) is 9.71 Å². The van der Waals surface area contributed by atoms with Gasteiger partial charge in [-0.05, 0) is 43.4 Å². The molecule has 0 aliphatic heterocycles. The number of ether oxygens (including phenoxy) is 1. The second-order valence-electron chi connectivity index (χ2n) is 6.69. The number of nitrogens with one attached hydrogen (secondary N) is 1. The largest absolute Gasteiger partial charge is 0.377 e. The van der Waals surface area contributed by atoms with Crippen LogP contribution < -0.4 is 4.72 Å². The minimum atomic E-state index is -3.51. The molecule has 1 N–H and O–H groups in total. The summed E-state index contributed by atoms with van der Waals surface area (Å²) >= 11 is 0. The van der Waals surface area contributed by atoms with Crippen LogP contribution in [0.5, 0.6) is 0 Å². The van der Waals surface area contributed by atoms with Crippen molar-refractivity contribution in [2.75, 3.05) is 6.61 Å². The first-order chi connectivity index (χ1) is 12.6. The van der Waals surface area contributed by atoms with E-state index in [0.717, 1.165) is 37.7 Å². The van der Waals surface area contributed by atoms with Gasteiger partial charge in [-0.1, -0.05) is 43.2 Å². The Kier molecular flexibility index (Phi) is 6.77. The van der Waals surface area contributed by atoms with Crippen LogP contribution in [0.3, 0.4) is 0 Å². The smallest absolute Gasteiger partial charge is 0.242 e. The molecular formula is C20H26N2O3S. The molecule has 1 fully saturated rings. The van der Waals surface area contributed by atoms with Crippen LogP contribution in [0.1, 0.15) is 43.4 Å². The SMILES string of the molecule is O=S(=O)(NC1CCCC1)c1cccnc1CCCOCc1ccccc1. The molecule has 0 saturated heterocycles. The summed E-state index contributed by atoms with van der Waals surface area (Å²) in [6.07, 6.45) is 6.98. The summed E-state index contributed by atoms with van der Waals surface area (Å²) in [7, 11) is -3.51. The van der Waals surface area contributed by atoms with E-state index in [1.165, 1.54) is 0 Å². The molecule has 1 aliphatic carbocycles. The zero-order valence-corrected chi connectivity index (χ0v) is 15.7. The first-order valence-electron chi connectivity index (χ1n) is 9.23. The lowest BCUT2D eigenvalue weighted by molar-refractivity contribution is 0.118. The van der Waals surface area contributed by atoms with E-state index in [-0.39, 0.29) is 6.04 Å². The Balaban J connectivity index is 1.53. The highest BCUT2D eigenvalue weighted by Gasteiger charge is 2.25. The van der Waals surface area contributed by atoms with E-state index in [0.29, 0.717) is 30.2 Å². The Labute approximate surface area is 155 Å². The van der Waals surface area contributed by atoms with Crippen molar-refractivity contribution < 1.29 is 13.2 Å². The first-order valence-corrected chi connectivity index (χ1v) is 10.7. The number of hydrogen-bond acceptors (Lipinski definition) is 4. The number of hydrogen-bond donors (Lipinski definition) is 1. The normalized spacial score (nSPS) is 15.4. The lowest BCUT2D eigenvalue weighted by Crippen LogP contribution is -2.33. The Hall–Kier alpha value is -1.76. The molecule has 0 radical (unpaired) electrons. The molecule has 1 saturated carbocycles. The van der Waals surface area contributed by atoms with Crippen molar-refractivity contribution in [1.29, 1.82) is 0 Å². The van der Waals surface area contributed by atoms with Gasteiger partial charge in [0.2, 0.25) is 10.0 Å². The molecule has 0 atom stereocenters. The van der Waals surface area contributed by atoms with E-state index in [9.17, 15) is 8.42 Å². The maximum absolute atomic E-state index is 12.7. The third kappa shape index (κ3) is 5.37. The third-order valence-electron chi connectivity index (χ3n) is 4.63. The van der Waals surface area contributed by atoms with Gasteiger partial charge >= 0.3 is 0 Å². The minimum Gasteiger partial charge on any atom is -0.377 e. The van der Waals surface area contributed by atoms with E-state index in [4.69, 9.17) is 4.74 Å². The summed E-state index contributed by atoms with van der Waals surface area (Å²) in [6.45, 7) is 1.14. The van der Waals surface area contributed by atoms with E-state index in [1.807, 2.05) is 30.3 Å². The fourth-order valence-corrected chi connectivity index (χ4v) is 4.81. The molecule has 1 aliphatic rings. The van der Waals surface area contributed by atoms with Crippen LogP contribution >= 0.6 is 0 Å². The monoisotopic (exact) mass is 374 g/mol. The maximum Gasteiger partial charge on any atom is 0.242 e. The van der Waals surface area contributed by atoms with Crippen LogP contribution in [-0.4, -0.2) is 26.1 Å². The lowest BCUT2D eigenvalue weighted by Gasteiger charge is -2.14. The summed E-state index contributed by atoms with van der Waals surface area (Å²) in [4.78, 5) is 4.60. The Bertz CT molecular complexity index is 788. The summed E-state index contributed by atoms with van der Waals surface area (Å²) in [5.41, 5.74) is 1.75. The number of pyridine rings is 1. The van der Waals surface area contributed by atoms with Gasteiger partial charge in [-0.2, -0.15) is 0 Å². The summed E-state index contributed by atoms with van der Waals surface area (Å²) in [5.74, 6) is 0. The van der Waals surface area contributed by atoms with Crippen molar-refractivity contribution in [3.8, 4) is 0 Å². The molecule has 140 valence electrons. The Morgan fingerprint density at radius 1 is 1.08 bits per heavy atom. The van der Waals surface area contributed by atoms with E-state index in [1.54, 1.807) is 18.3 Å². The van der Waals surface area contributed by atoms with Crippen molar-refractivity contribution in [2.45, 2.75) is 56.1 Å². The van der Waals surface area contributed by atoms with Gasteiger partial charge in [-0.25, -0.2) is 13.1 Å². The summed E-state index contributed by atoms with van der Waals surface area (Å²) in [5, 5.41) is 0.